The van der Waals surface area contributed by atoms with Gasteiger partial charge in [0.1, 0.15) is 22.6 Å². The van der Waals surface area contributed by atoms with Gasteiger partial charge in [-0.3, -0.25) is 0 Å². The molecule has 2 N–H and O–H groups in total. The first-order valence-electron chi connectivity index (χ1n) is 13.0. The Kier molecular flexibility index (Phi) is 7.63. The highest BCUT2D eigenvalue weighted by atomic mass is 35.5. The van der Waals surface area contributed by atoms with E-state index in [1.54, 1.807) is 62.4 Å². The molecule has 0 spiro atoms. The van der Waals surface area contributed by atoms with Gasteiger partial charge in [0.2, 0.25) is 0 Å². The van der Waals surface area contributed by atoms with Crippen molar-refractivity contribution in [2.75, 3.05) is 13.2 Å². The number of aromatic hydroxyl groups is 2. The monoisotopic (exact) mass is 554 g/mol. The molecule has 0 aromatic heterocycles. The van der Waals surface area contributed by atoms with Crippen LogP contribution in [0.1, 0.15) is 57.2 Å². The molecule has 40 heavy (non-hydrogen) atoms. The lowest BCUT2D eigenvalue weighted by molar-refractivity contribution is 0.0514. The Bertz CT molecular complexity index is 1540. The Morgan fingerprint density at radius 2 is 1.05 bits per heavy atom. The molecule has 5 rings (SSSR count). The largest absolute Gasteiger partial charge is 0.507 e. The van der Waals surface area contributed by atoms with Crippen LogP contribution in [0.4, 0.5) is 0 Å². The third-order valence-corrected chi connectivity index (χ3v) is 7.17. The molecular weight excluding hydrogens is 528 g/mol. The molecule has 0 aliphatic heterocycles. The third kappa shape index (κ3) is 4.61. The number of ether oxygens (including phenoxy) is 2. The molecule has 6 nitrogen and oxygen atoms in total. The molecule has 4 aliphatic rings. The summed E-state index contributed by atoms with van der Waals surface area (Å²) in [5, 5.41) is 24.0. The first-order chi connectivity index (χ1) is 19.4. The number of rotatable bonds is 7. The summed E-state index contributed by atoms with van der Waals surface area (Å²) in [6, 6.07) is 25.0. The highest BCUT2D eigenvalue weighted by Crippen LogP contribution is 2.55. The van der Waals surface area contributed by atoms with Gasteiger partial charge in [0.25, 0.3) is 0 Å². The van der Waals surface area contributed by atoms with Crippen LogP contribution in [0.2, 0.25) is 5.02 Å². The minimum absolute atomic E-state index is 0.0357. The average Bonchev–Trinajstić information content (AvgIpc) is 3.13. The van der Waals surface area contributed by atoms with E-state index in [1.807, 2.05) is 36.4 Å². The van der Waals surface area contributed by atoms with Gasteiger partial charge in [-0.2, -0.15) is 0 Å². The normalized spacial score (nSPS) is 11.2. The molecule has 0 radical (unpaired) electrons. The predicted octanol–water partition coefficient (Wildman–Crippen LogP) is 7.49. The number of hydrogen-bond acceptors (Lipinski definition) is 6. The van der Waals surface area contributed by atoms with Crippen molar-refractivity contribution in [3.05, 3.63) is 118 Å². The maximum absolute atomic E-state index is 13.1. The molecule has 0 amide bonds. The summed E-state index contributed by atoms with van der Waals surface area (Å²) in [5.41, 5.74) is 3.72. The van der Waals surface area contributed by atoms with Crippen LogP contribution in [0.5, 0.6) is 11.5 Å². The fourth-order valence-corrected chi connectivity index (χ4v) is 5.44. The van der Waals surface area contributed by atoms with Gasteiger partial charge >= 0.3 is 11.9 Å². The second-order valence-electron chi connectivity index (χ2n) is 9.18. The molecule has 0 bridgehead atoms. The molecule has 1 aromatic rings. The number of benzene rings is 1. The molecule has 0 fully saturated rings. The summed E-state index contributed by atoms with van der Waals surface area (Å²) in [5.74, 6) is -2.64. The number of halogens is 1. The van der Waals surface area contributed by atoms with Crippen LogP contribution >= 0.6 is 11.6 Å². The van der Waals surface area contributed by atoms with Crippen LogP contribution in [0.25, 0.3) is 22.3 Å². The Morgan fingerprint density at radius 1 is 0.650 bits per heavy atom. The number of fused-ring (bicyclic) bond motifs is 2. The zero-order valence-electron chi connectivity index (χ0n) is 22.0. The maximum atomic E-state index is 13.1. The molecule has 4 aliphatic carbocycles. The van der Waals surface area contributed by atoms with E-state index in [0.717, 1.165) is 0 Å². The molecule has 0 unspecified atom stereocenters. The maximum Gasteiger partial charge on any atom is 0.342 e. The van der Waals surface area contributed by atoms with E-state index in [9.17, 15) is 19.8 Å². The lowest BCUT2D eigenvalue weighted by Gasteiger charge is -2.21. The van der Waals surface area contributed by atoms with Crippen molar-refractivity contribution in [2.45, 2.75) is 19.8 Å². The SMILES string of the molecule is CCOC(=O)c1c2cccccc-2c(C(c2ccc(Cl)cc2)c2c3cccccc-3c(C(=O)OCC)c2O)c1O. The minimum Gasteiger partial charge on any atom is -0.507 e. The van der Waals surface area contributed by atoms with Gasteiger partial charge in [0, 0.05) is 33.2 Å². The molecule has 0 heterocycles. The van der Waals surface area contributed by atoms with Crippen molar-refractivity contribution >= 4 is 23.5 Å². The van der Waals surface area contributed by atoms with Crippen molar-refractivity contribution < 1.29 is 29.3 Å². The summed E-state index contributed by atoms with van der Waals surface area (Å²) in [6.07, 6.45) is 0. The Hall–Kier alpha value is -4.55. The molecule has 7 heteroatoms. The van der Waals surface area contributed by atoms with E-state index in [4.69, 9.17) is 21.1 Å². The fraction of sp³-hybridized carbons (Fsp3) is 0.152. The van der Waals surface area contributed by atoms with Crippen LogP contribution in [-0.4, -0.2) is 35.4 Å². The summed E-state index contributed by atoms with van der Waals surface area (Å²) in [7, 11) is 0. The van der Waals surface area contributed by atoms with Crippen LogP contribution in [0.3, 0.4) is 0 Å². The summed E-state index contributed by atoms with van der Waals surface area (Å²) < 4.78 is 10.6. The third-order valence-electron chi connectivity index (χ3n) is 6.92. The van der Waals surface area contributed by atoms with Crippen molar-refractivity contribution in [2.24, 2.45) is 0 Å². The zero-order valence-corrected chi connectivity index (χ0v) is 22.7. The lowest BCUT2D eigenvalue weighted by Crippen LogP contribution is -2.06. The Labute approximate surface area is 237 Å². The topological polar surface area (TPSA) is 93.1 Å². The predicted molar refractivity (Wildman–Crippen MR) is 154 cm³/mol. The van der Waals surface area contributed by atoms with Crippen molar-refractivity contribution in [1.29, 1.82) is 0 Å². The van der Waals surface area contributed by atoms with E-state index in [0.29, 0.717) is 44.0 Å². The van der Waals surface area contributed by atoms with Crippen LogP contribution in [0.15, 0.2) is 84.9 Å². The first-order valence-corrected chi connectivity index (χ1v) is 13.3. The summed E-state index contributed by atoms with van der Waals surface area (Å²) >= 11 is 6.24. The van der Waals surface area contributed by atoms with Gasteiger partial charge in [-0.15, -0.1) is 0 Å². The average molecular weight is 555 g/mol. The molecule has 0 saturated carbocycles. The molecule has 0 atom stereocenters. The van der Waals surface area contributed by atoms with Gasteiger partial charge in [-0.05, 0) is 42.7 Å². The fourth-order valence-electron chi connectivity index (χ4n) is 5.32. The highest BCUT2D eigenvalue weighted by Gasteiger charge is 2.38. The van der Waals surface area contributed by atoms with Crippen LogP contribution < -0.4 is 0 Å². The highest BCUT2D eigenvalue weighted by molar-refractivity contribution is 6.30. The van der Waals surface area contributed by atoms with Crippen LogP contribution in [-0.2, 0) is 9.47 Å². The van der Waals surface area contributed by atoms with E-state index >= 15 is 0 Å². The summed E-state index contributed by atoms with van der Waals surface area (Å²) in [6.45, 7) is 3.66. The van der Waals surface area contributed by atoms with Crippen molar-refractivity contribution in [3.63, 3.8) is 0 Å². The minimum atomic E-state index is -0.807. The molecular formula is C33H27ClO6. The van der Waals surface area contributed by atoms with Gasteiger partial charge in [-0.25, -0.2) is 9.59 Å². The van der Waals surface area contributed by atoms with E-state index in [2.05, 4.69) is 0 Å². The van der Waals surface area contributed by atoms with E-state index < -0.39 is 17.9 Å². The van der Waals surface area contributed by atoms with Crippen molar-refractivity contribution in [3.8, 4) is 33.8 Å². The van der Waals surface area contributed by atoms with Crippen LogP contribution in [0, 0.1) is 0 Å². The van der Waals surface area contributed by atoms with Crippen molar-refractivity contribution in [1.82, 2.24) is 0 Å². The number of carbonyl (C=O) groups is 2. The summed E-state index contributed by atoms with van der Waals surface area (Å²) in [4.78, 5) is 26.2. The molecule has 202 valence electrons. The lowest BCUT2D eigenvalue weighted by atomic mass is 9.82. The van der Waals surface area contributed by atoms with E-state index in [1.165, 1.54) is 0 Å². The standard InChI is InChI=1S/C33H27ClO6/c1-3-39-32(37)28-23-13-9-5-7-11-21(23)26(30(28)35)25(19-15-17-20(34)18-16-19)27-22-12-8-6-10-14-24(22)29(31(27)36)33(38)40-4-2/h5-18,25,35-36H,3-4H2,1-2H3. The number of hydrogen-bond donors (Lipinski definition) is 2. The zero-order chi connectivity index (χ0) is 28.4. The molecule has 0 saturated heterocycles. The number of carbonyl (C=O) groups excluding carboxylic acids is 2. The first kappa shape index (κ1) is 27.0. The smallest absolute Gasteiger partial charge is 0.342 e. The quantitative estimate of drug-likeness (QED) is 0.202. The second kappa shape index (κ2) is 11.3. The molecule has 1 aromatic carbocycles. The Morgan fingerprint density at radius 3 is 1.45 bits per heavy atom. The van der Waals surface area contributed by atoms with Gasteiger partial charge in [0.05, 0.1) is 13.2 Å². The van der Waals surface area contributed by atoms with Gasteiger partial charge < -0.3 is 19.7 Å². The second-order valence-corrected chi connectivity index (χ2v) is 9.61. The van der Waals surface area contributed by atoms with E-state index in [-0.39, 0.29) is 35.8 Å². The van der Waals surface area contributed by atoms with Gasteiger partial charge in [-0.1, -0.05) is 84.4 Å². The number of esters is 2. The van der Waals surface area contributed by atoms with Gasteiger partial charge in [0.15, 0.2) is 0 Å². The Balaban J connectivity index is 1.91.